The molecule has 31 heavy (non-hydrogen) atoms. The van der Waals surface area contributed by atoms with Crippen molar-refractivity contribution in [3.63, 3.8) is 0 Å². The van der Waals surface area contributed by atoms with Crippen molar-refractivity contribution in [2.45, 2.75) is 11.8 Å². The lowest BCUT2D eigenvalue weighted by Gasteiger charge is -2.13. The van der Waals surface area contributed by atoms with Crippen LogP contribution in [0.15, 0.2) is 77.8 Å². The van der Waals surface area contributed by atoms with Crippen molar-refractivity contribution in [2.24, 2.45) is 7.05 Å². The van der Waals surface area contributed by atoms with E-state index in [4.69, 9.17) is 11.6 Å². The summed E-state index contributed by atoms with van der Waals surface area (Å²) in [5, 5.41) is 8.02. The fourth-order valence-corrected chi connectivity index (χ4v) is 4.03. The van der Waals surface area contributed by atoms with Gasteiger partial charge < -0.3 is 5.32 Å². The highest BCUT2D eigenvalue weighted by molar-refractivity contribution is 7.98. The fraction of sp³-hybridized carbons (Fsp3) is 0.120. The molecule has 0 saturated heterocycles. The number of hydrogen-bond donors (Lipinski definition) is 1. The Hall–Kier alpha value is -3.02. The average molecular weight is 448 g/mol. The highest BCUT2D eigenvalue weighted by atomic mass is 35.5. The summed E-state index contributed by atoms with van der Waals surface area (Å²) in [6.45, 7) is 2.05. The first-order valence-electron chi connectivity index (χ1n) is 9.80. The summed E-state index contributed by atoms with van der Waals surface area (Å²) in [4.78, 5) is 14.3. The summed E-state index contributed by atoms with van der Waals surface area (Å²) in [5.41, 5.74) is 5.92. The normalized spacial score (nSPS) is 10.8. The Balaban J connectivity index is 1.68. The van der Waals surface area contributed by atoms with Crippen LogP contribution in [-0.2, 0) is 7.05 Å². The number of aromatic nitrogens is 2. The number of hydrogen-bond acceptors (Lipinski definition) is 3. The van der Waals surface area contributed by atoms with Crippen molar-refractivity contribution >= 4 is 35.0 Å². The standard InChI is InChI=1S/C25H22ClN3OS/c1-16-4-6-17(7-5-16)21-15-19(31-3)9-10-20(21)25(30)27-18-8-11-23(26)22(14-18)24-12-13-29(2)28-24/h4-15H,1-3H3,(H,27,30). The first kappa shape index (κ1) is 21.2. The minimum atomic E-state index is -0.169. The third kappa shape index (κ3) is 4.68. The number of nitrogens with one attached hydrogen (secondary N) is 1. The van der Waals surface area contributed by atoms with Crippen LogP contribution in [-0.4, -0.2) is 21.9 Å². The lowest BCUT2D eigenvalue weighted by atomic mass is 9.98. The molecule has 0 aliphatic rings. The highest BCUT2D eigenvalue weighted by Gasteiger charge is 2.15. The molecule has 1 amide bonds. The highest BCUT2D eigenvalue weighted by Crippen LogP contribution is 2.32. The molecule has 0 aliphatic carbocycles. The number of nitrogens with zero attached hydrogens (tertiary/aromatic N) is 2. The van der Waals surface area contributed by atoms with Gasteiger partial charge in [0.25, 0.3) is 5.91 Å². The van der Waals surface area contributed by atoms with Crippen molar-refractivity contribution in [3.8, 4) is 22.4 Å². The Kier molecular flexibility index (Phi) is 6.16. The van der Waals surface area contributed by atoms with Crippen molar-refractivity contribution in [3.05, 3.63) is 89.1 Å². The van der Waals surface area contributed by atoms with Crippen LogP contribution in [0.2, 0.25) is 5.02 Å². The lowest BCUT2D eigenvalue weighted by Crippen LogP contribution is -2.13. The van der Waals surface area contributed by atoms with E-state index in [1.165, 1.54) is 5.56 Å². The second-order valence-corrected chi connectivity index (χ2v) is 8.59. The van der Waals surface area contributed by atoms with Gasteiger partial charge in [-0.3, -0.25) is 9.48 Å². The van der Waals surface area contributed by atoms with Gasteiger partial charge in [0.05, 0.1) is 10.7 Å². The molecule has 0 atom stereocenters. The zero-order valence-corrected chi connectivity index (χ0v) is 19.1. The molecule has 0 spiro atoms. The zero-order chi connectivity index (χ0) is 22.0. The molecule has 0 unspecified atom stereocenters. The molecule has 4 aromatic rings. The van der Waals surface area contributed by atoms with E-state index < -0.39 is 0 Å². The van der Waals surface area contributed by atoms with E-state index in [2.05, 4.69) is 35.5 Å². The van der Waals surface area contributed by atoms with Crippen LogP contribution in [0.4, 0.5) is 5.69 Å². The number of anilines is 1. The average Bonchev–Trinajstić information content (AvgIpc) is 3.21. The monoisotopic (exact) mass is 447 g/mol. The minimum absolute atomic E-state index is 0.169. The summed E-state index contributed by atoms with van der Waals surface area (Å²) in [6.07, 6.45) is 3.89. The molecule has 1 heterocycles. The van der Waals surface area contributed by atoms with E-state index in [0.29, 0.717) is 16.3 Å². The number of rotatable bonds is 5. The number of carbonyl (C=O) groups is 1. The van der Waals surface area contributed by atoms with Crippen LogP contribution in [0.5, 0.6) is 0 Å². The van der Waals surface area contributed by atoms with Crippen LogP contribution >= 0.6 is 23.4 Å². The van der Waals surface area contributed by atoms with Crippen molar-refractivity contribution in [1.82, 2.24) is 9.78 Å². The predicted molar refractivity (Wildman–Crippen MR) is 130 cm³/mol. The molecule has 1 aromatic heterocycles. The molecule has 6 heteroatoms. The van der Waals surface area contributed by atoms with E-state index in [0.717, 1.165) is 27.3 Å². The van der Waals surface area contributed by atoms with Crippen LogP contribution in [0, 0.1) is 6.92 Å². The van der Waals surface area contributed by atoms with Gasteiger partial charge in [0.15, 0.2) is 0 Å². The molecule has 0 bridgehead atoms. The molecular formula is C25H22ClN3OS. The molecule has 4 nitrogen and oxygen atoms in total. The number of halogens is 1. The first-order chi connectivity index (χ1) is 14.9. The number of amides is 1. The van der Waals surface area contributed by atoms with Gasteiger partial charge in [-0.1, -0.05) is 41.4 Å². The Morgan fingerprint density at radius 2 is 1.77 bits per heavy atom. The van der Waals surface area contributed by atoms with E-state index in [9.17, 15) is 4.79 Å². The summed E-state index contributed by atoms with van der Waals surface area (Å²) in [5.74, 6) is -0.169. The molecule has 4 rings (SSSR count). The molecule has 0 radical (unpaired) electrons. The molecule has 0 fully saturated rings. The predicted octanol–water partition coefficient (Wildman–Crippen LogP) is 6.69. The third-order valence-electron chi connectivity index (χ3n) is 5.05. The maximum Gasteiger partial charge on any atom is 0.256 e. The Labute approximate surface area is 191 Å². The first-order valence-corrected chi connectivity index (χ1v) is 11.4. The van der Waals surface area contributed by atoms with Crippen LogP contribution in [0.1, 0.15) is 15.9 Å². The number of carbonyl (C=O) groups excluding carboxylic acids is 1. The van der Waals surface area contributed by atoms with Gasteiger partial charge in [-0.25, -0.2) is 0 Å². The van der Waals surface area contributed by atoms with Gasteiger partial charge in [-0.15, -0.1) is 11.8 Å². The molecule has 1 N–H and O–H groups in total. The van der Waals surface area contributed by atoms with Crippen molar-refractivity contribution in [1.29, 1.82) is 0 Å². The van der Waals surface area contributed by atoms with Crippen LogP contribution in [0.25, 0.3) is 22.4 Å². The fourth-order valence-electron chi connectivity index (χ4n) is 3.38. The minimum Gasteiger partial charge on any atom is -0.322 e. The quantitative estimate of drug-likeness (QED) is 0.346. The Morgan fingerprint density at radius 3 is 2.45 bits per heavy atom. The topological polar surface area (TPSA) is 46.9 Å². The van der Waals surface area contributed by atoms with Crippen LogP contribution in [0.3, 0.4) is 0 Å². The molecule has 0 aliphatic heterocycles. The second kappa shape index (κ2) is 9.00. The van der Waals surface area contributed by atoms with Gasteiger partial charge in [0.2, 0.25) is 0 Å². The Bertz CT molecular complexity index is 1250. The number of thioether (sulfide) groups is 1. The second-order valence-electron chi connectivity index (χ2n) is 7.30. The van der Waals surface area contributed by atoms with Crippen LogP contribution < -0.4 is 5.32 Å². The molecule has 3 aromatic carbocycles. The molecule has 0 saturated carbocycles. The zero-order valence-electron chi connectivity index (χ0n) is 17.5. The number of aryl methyl sites for hydroxylation is 2. The van der Waals surface area contributed by atoms with Gasteiger partial charge in [-0.2, -0.15) is 5.10 Å². The number of benzene rings is 3. The lowest BCUT2D eigenvalue weighted by molar-refractivity contribution is 0.102. The van der Waals surface area contributed by atoms with Crippen molar-refractivity contribution in [2.75, 3.05) is 11.6 Å². The summed E-state index contributed by atoms with van der Waals surface area (Å²) < 4.78 is 1.72. The molecule has 156 valence electrons. The van der Waals surface area contributed by atoms with Gasteiger partial charge in [0.1, 0.15) is 0 Å². The van der Waals surface area contributed by atoms with Gasteiger partial charge >= 0.3 is 0 Å². The smallest absolute Gasteiger partial charge is 0.256 e. The van der Waals surface area contributed by atoms with Gasteiger partial charge in [-0.05, 0) is 66.8 Å². The van der Waals surface area contributed by atoms with E-state index in [1.54, 1.807) is 28.6 Å². The maximum absolute atomic E-state index is 13.2. The van der Waals surface area contributed by atoms with Crippen molar-refractivity contribution < 1.29 is 4.79 Å². The summed E-state index contributed by atoms with van der Waals surface area (Å²) >= 11 is 8.03. The Morgan fingerprint density at radius 1 is 1.00 bits per heavy atom. The van der Waals surface area contributed by atoms with Gasteiger partial charge in [0, 0.05) is 35.0 Å². The third-order valence-corrected chi connectivity index (χ3v) is 6.10. The SMILES string of the molecule is CSc1ccc(C(=O)Nc2ccc(Cl)c(-c3ccn(C)n3)c2)c(-c2ccc(C)cc2)c1. The summed E-state index contributed by atoms with van der Waals surface area (Å²) in [6, 6.07) is 21.4. The van der Waals surface area contributed by atoms with E-state index in [-0.39, 0.29) is 5.91 Å². The van der Waals surface area contributed by atoms with E-state index in [1.807, 2.05) is 55.9 Å². The molecular weight excluding hydrogens is 426 g/mol. The summed E-state index contributed by atoms with van der Waals surface area (Å²) in [7, 11) is 1.86. The van der Waals surface area contributed by atoms with E-state index >= 15 is 0 Å². The largest absolute Gasteiger partial charge is 0.322 e. The maximum atomic E-state index is 13.2.